The van der Waals surface area contributed by atoms with Crippen molar-refractivity contribution >= 4 is 16.7 Å². The van der Waals surface area contributed by atoms with Gasteiger partial charge in [0.2, 0.25) is 0 Å². The number of ether oxygens (including phenoxy) is 1. The van der Waals surface area contributed by atoms with Crippen molar-refractivity contribution in [1.29, 1.82) is 0 Å². The Labute approximate surface area is 146 Å². The number of H-pyrrole nitrogens is 3. The van der Waals surface area contributed by atoms with Crippen molar-refractivity contribution < 1.29 is 9.66 Å². The highest BCUT2D eigenvalue weighted by Gasteiger charge is 2.32. The number of rotatable bonds is 5. The van der Waals surface area contributed by atoms with Crippen LogP contribution in [-0.4, -0.2) is 32.6 Å². The summed E-state index contributed by atoms with van der Waals surface area (Å²) < 4.78 is 5.89. The first-order chi connectivity index (χ1) is 12.5. The molecule has 1 aromatic carbocycles. The Hall–Kier alpha value is -3.20. The molecule has 134 valence electrons. The fourth-order valence-corrected chi connectivity index (χ4v) is 3.47. The Morgan fingerprint density at radius 1 is 1.19 bits per heavy atom. The van der Waals surface area contributed by atoms with E-state index in [-0.39, 0.29) is 17.3 Å². The number of nitrogens with one attached hydrogen (secondary N) is 3. The van der Waals surface area contributed by atoms with Gasteiger partial charge in [-0.3, -0.25) is 19.7 Å². The number of nitro groups is 1. The number of aromatic amines is 3. The van der Waals surface area contributed by atoms with E-state index in [0.717, 1.165) is 5.69 Å². The van der Waals surface area contributed by atoms with E-state index in [2.05, 4.69) is 15.0 Å². The summed E-state index contributed by atoms with van der Waals surface area (Å²) in [4.78, 5) is 42.2. The summed E-state index contributed by atoms with van der Waals surface area (Å²) in [6, 6.07) is 5.17. The number of aromatic nitrogens is 3. The van der Waals surface area contributed by atoms with Gasteiger partial charge in [0, 0.05) is 42.8 Å². The smallest absolute Gasteiger partial charge is 0.314 e. The van der Waals surface area contributed by atoms with Crippen molar-refractivity contribution in [1.82, 2.24) is 15.0 Å². The molecule has 0 saturated heterocycles. The van der Waals surface area contributed by atoms with Gasteiger partial charge in [0.05, 0.1) is 28.7 Å². The zero-order valence-electron chi connectivity index (χ0n) is 13.7. The predicted molar refractivity (Wildman–Crippen MR) is 93.5 cm³/mol. The van der Waals surface area contributed by atoms with E-state index in [1.165, 1.54) is 6.07 Å². The van der Waals surface area contributed by atoms with Crippen LogP contribution in [0.15, 0.2) is 34.0 Å². The first kappa shape index (κ1) is 16.3. The van der Waals surface area contributed by atoms with Gasteiger partial charge in [-0.05, 0) is 17.7 Å². The average Bonchev–Trinajstić information content (AvgIpc) is 3.25. The van der Waals surface area contributed by atoms with Gasteiger partial charge in [0.15, 0.2) is 0 Å². The number of benzene rings is 1. The number of nitrogens with zero attached hydrogens (tertiary/aromatic N) is 1. The molecule has 9 heteroatoms. The summed E-state index contributed by atoms with van der Waals surface area (Å²) in [5.74, 6) is 0. The molecule has 1 unspecified atom stereocenters. The molecule has 4 rings (SSSR count). The molecular formula is C17H16N4O5. The van der Waals surface area contributed by atoms with E-state index in [9.17, 15) is 19.7 Å². The Bertz CT molecular complexity index is 1100. The van der Waals surface area contributed by atoms with Crippen LogP contribution in [0.25, 0.3) is 11.0 Å². The largest absolute Gasteiger partial charge is 0.377 e. The van der Waals surface area contributed by atoms with Crippen LogP contribution in [0.2, 0.25) is 0 Å². The summed E-state index contributed by atoms with van der Waals surface area (Å²) >= 11 is 0. The lowest BCUT2D eigenvalue weighted by Gasteiger charge is -2.10. The summed E-state index contributed by atoms with van der Waals surface area (Å²) in [6.45, 7) is 0.484. The highest BCUT2D eigenvalue weighted by molar-refractivity contribution is 5.83. The third-order valence-electron chi connectivity index (χ3n) is 4.67. The maximum absolute atomic E-state index is 11.7. The second-order valence-electron chi connectivity index (χ2n) is 6.29. The third kappa shape index (κ3) is 2.82. The minimum absolute atomic E-state index is 0.0642. The van der Waals surface area contributed by atoms with E-state index in [1.54, 1.807) is 0 Å². The Kier molecular flexibility index (Phi) is 3.92. The van der Waals surface area contributed by atoms with Crippen molar-refractivity contribution in [3.05, 3.63) is 72.0 Å². The van der Waals surface area contributed by atoms with Crippen molar-refractivity contribution in [3.8, 4) is 0 Å². The fourth-order valence-electron chi connectivity index (χ4n) is 3.47. The van der Waals surface area contributed by atoms with Crippen LogP contribution in [0.3, 0.4) is 0 Å². The molecule has 3 N–H and O–H groups in total. The van der Waals surface area contributed by atoms with Gasteiger partial charge in [-0.15, -0.1) is 0 Å². The maximum atomic E-state index is 11.7. The van der Waals surface area contributed by atoms with Crippen LogP contribution >= 0.6 is 0 Å². The molecule has 0 radical (unpaired) electrons. The number of nitro benzene ring substituents is 1. The molecule has 1 aliphatic rings. The summed E-state index contributed by atoms with van der Waals surface area (Å²) in [6.07, 6.45) is 3.19. The van der Waals surface area contributed by atoms with Gasteiger partial charge < -0.3 is 19.7 Å². The molecule has 1 atom stereocenters. The lowest BCUT2D eigenvalue weighted by atomic mass is 10.1. The topological polar surface area (TPSA) is 134 Å². The molecule has 0 amide bonds. The van der Waals surface area contributed by atoms with Crippen LogP contribution < -0.4 is 11.1 Å². The van der Waals surface area contributed by atoms with Gasteiger partial charge in [0.1, 0.15) is 0 Å². The monoisotopic (exact) mass is 356 g/mol. The van der Waals surface area contributed by atoms with Crippen LogP contribution in [0.1, 0.15) is 16.8 Å². The van der Waals surface area contributed by atoms with Crippen molar-refractivity contribution in [2.24, 2.45) is 0 Å². The predicted octanol–water partition coefficient (Wildman–Crippen LogP) is 1.18. The van der Waals surface area contributed by atoms with Gasteiger partial charge >= 0.3 is 11.1 Å². The molecule has 2 aromatic heterocycles. The number of fused-ring (bicyclic) bond motifs is 3. The lowest BCUT2D eigenvalue weighted by molar-refractivity contribution is -0.385. The SMILES string of the molecule is O=c1[nH]c2cc([N+](=O)[O-])c3c(c2[nH]c1=O)CC(OCCc1ccc[nH]1)C3. The molecule has 9 nitrogen and oxygen atoms in total. The first-order valence-electron chi connectivity index (χ1n) is 8.22. The molecule has 0 saturated carbocycles. The molecule has 0 spiro atoms. The quantitative estimate of drug-likeness (QED) is 0.358. The van der Waals surface area contributed by atoms with E-state index >= 15 is 0 Å². The highest BCUT2D eigenvalue weighted by atomic mass is 16.6. The Morgan fingerprint density at radius 3 is 2.69 bits per heavy atom. The lowest BCUT2D eigenvalue weighted by Crippen LogP contribution is -2.29. The van der Waals surface area contributed by atoms with Gasteiger partial charge in [-0.2, -0.15) is 0 Å². The molecule has 3 aromatic rings. The van der Waals surface area contributed by atoms with Crippen LogP contribution in [0.5, 0.6) is 0 Å². The van der Waals surface area contributed by atoms with Crippen LogP contribution in [0, 0.1) is 10.1 Å². The van der Waals surface area contributed by atoms with Gasteiger partial charge in [0.25, 0.3) is 5.69 Å². The Balaban J connectivity index is 1.65. The summed E-state index contributed by atoms with van der Waals surface area (Å²) in [5, 5.41) is 11.4. The van der Waals surface area contributed by atoms with Crippen LogP contribution in [0.4, 0.5) is 5.69 Å². The average molecular weight is 356 g/mol. The maximum Gasteiger partial charge on any atom is 0.314 e. The standard InChI is InChI=1S/C17H16N4O5/c22-16-17(23)20-15-12-7-10(26-5-3-9-2-1-4-18-9)6-11(12)14(21(24)25)8-13(15)19-16/h1-2,4,8,10,18H,3,5-7H2,(H,19,22)(H,20,23). The number of hydrogen-bond donors (Lipinski definition) is 3. The van der Waals surface area contributed by atoms with Crippen LogP contribution in [-0.2, 0) is 24.0 Å². The van der Waals surface area contributed by atoms with E-state index in [1.807, 2.05) is 18.3 Å². The minimum atomic E-state index is -0.830. The molecule has 0 bridgehead atoms. The molecule has 1 aliphatic carbocycles. The molecule has 2 heterocycles. The molecule has 0 fully saturated rings. The zero-order chi connectivity index (χ0) is 18.3. The highest BCUT2D eigenvalue weighted by Crippen LogP contribution is 2.36. The second kappa shape index (κ2) is 6.26. The number of hydrogen-bond acceptors (Lipinski definition) is 5. The Morgan fingerprint density at radius 2 is 1.96 bits per heavy atom. The normalized spacial score (nSPS) is 16.1. The molecular weight excluding hydrogens is 340 g/mol. The first-order valence-corrected chi connectivity index (χ1v) is 8.22. The molecule has 26 heavy (non-hydrogen) atoms. The molecule has 0 aliphatic heterocycles. The zero-order valence-corrected chi connectivity index (χ0v) is 13.7. The van der Waals surface area contributed by atoms with Gasteiger partial charge in [-0.25, -0.2) is 0 Å². The van der Waals surface area contributed by atoms with Crippen molar-refractivity contribution in [2.45, 2.75) is 25.4 Å². The second-order valence-corrected chi connectivity index (χ2v) is 6.29. The van der Waals surface area contributed by atoms with Gasteiger partial charge in [-0.1, -0.05) is 0 Å². The van der Waals surface area contributed by atoms with E-state index in [4.69, 9.17) is 4.74 Å². The third-order valence-corrected chi connectivity index (χ3v) is 4.67. The van der Waals surface area contributed by atoms with E-state index in [0.29, 0.717) is 42.5 Å². The summed E-state index contributed by atoms with van der Waals surface area (Å²) in [5.41, 5.74) is 1.29. The minimum Gasteiger partial charge on any atom is -0.377 e. The summed E-state index contributed by atoms with van der Waals surface area (Å²) in [7, 11) is 0. The van der Waals surface area contributed by atoms with E-state index < -0.39 is 16.0 Å². The van der Waals surface area contributed by atoms with Crippen molar-refractivity contribution in [3.63, 3.8) is 0 Å². The fraction of sp³-hybridized carbons (Fsp3) is 0.294. The van der Waals surface area contributed by atoms with Crippen molar-refractivity contribution in [2.75, 3.05) is 6.61 Å².